The molecule has 0 radical (unpaired) electrons. The first kappa shape index (κ1) is 19.5. The number of benzene rings is 1. The Morgan fingerprint density at radius 1 is 1.33 bits per heavy atom. The maximum Gasteiger partial charge on any atom is 0.294 e. The number of phenolic OH excluding ortho intramolecular Hbond substituents is 1. The molecular weight excluding hydrogens is 408 g/mol. The minimum absolute atomic E-state index is 0.00970. The van der Waals surface area contributed by atoms with Gasteiger partial charge in [0.05, 0.1) is 12.0 Å². The average molecular weight is 425 g/mol. The molecular formula is C17H16N2O5S3. The van der Waals surface area contributed by atoms with Gasteiger partial charge in [0.1, 0.15) is 4.21 Å². The molecule has 1 amide bonds. The SMILES string of the molecule is CCN1C(=O)C(=Cc2ccc(O)c(OC)c2)SC1=NS(=O)(=O)c1cccs1. The van der Waals surface area contributed by atoms with Gasteiger partial charge in [-0.05, 0) is 53.9 Å². The summed E-state index contributed by atoms with van der Waals surface area (Å²) in [4.78, 5) is 14.3. The standard InChI is InChI=1S/C17H16N2O5S3/c1-3-19-16(21)14(10-11-6-7-12(20)13(9-11)24-2)26-17(19)18-27(22,23)15-5-4-8-25-15/h4-10,20H,3H2,1-2H3. The van der Waals surface area contributed by atoms with Gasteiger partial charge in [0.2, 0.25) is 0 Å². The number of phenols is 1. The topological polar surface area (TPSA) is 96.3 Å². The van der Waals surface area contributed by atoms with Gasteiger partial charge in [-0.25, -0.2) is 0 Å². The predicted octanol–water partition coefficient (Wildman–Crippen LogP) is 3.14. The molecule has 1 aliphatic rings. The number of nitrogens with zero attached hydrogens (tertiary/aromatic N) is 2. The first-order chi connectivity index (χ1) is 12.9. The summed E-state index contributed by atoms with van der Waals surface area (Å²) < 4.78 is 33.9. The molecule has 1 saturated heterocycles. The second-order valence-corrected chi connectivity index (χ2v) is 9.16. The van der Waals surface area contributed by atoms with Crippen LogP contribution in [-0.2, 0) is 14.8 Å². The second-order valence-electron chi connectivity index (χ2n) is 5.37. The number of thiophene rings is 1. The lowest BCUT2D eigenvalue weighted by Crippen LogP contribution is -2.29. The Labute approximate surface area is 165 Å². The highest BCUT2D eigenvalue weighted by molar-refractivity contribution is 8.19. The monoisotopic (exact) mass is 424 g/mol. The minimum atomic E-state index is -3.87. The van der Waals surface area contributed by atoms with Gasteiger partial charge in [0.25, 0.3) is 15.9 Å². The number of likely N-dealkylation sites (N-methyl/N-ethyl adjacent to an activating group) is 1. The highest BCUT2D eigenvalue weighted by Crippen LogP contribution is 2.35. The van der Waals surface area contributed by atoms with Crippen LogP contribution in [0.4, 0.5) is 0 Å². The Hall–Kier alpha value is -2.30. The van der Waals surface area contributed by atoms with Gasteiger partial charge >= 0.3 is 0 Å². The number of amidine groups is 1. The van der Waals surface area contributed by atoms with Gasteiger partial charge < -0.3 is 9.84 Å². The van der Waals surface area contributed by atoms with Gasteiger partial charge in [-0.15, -0.1) is 15.7 Å². The molecule has 1 N–H and O–H groups in total. The van der Waals surface area contributed by atoms with Crippen LogP contribution in [0.1, 0.15) is 12.5 Å². The van der Waals surface area contributed by atoms with Crippen molar-refractivity contribution >= 4 is 50.3 Å². The number of methoxy groups -OCH3 is 1. The van der Waals surface area contributed by atoms with E-state index in [4.69, 9.17) is 4.74 Å². The van der Waals surface area contributed by atoms with E-state index in [9.17, 15) is 18.3 Å². The van der Waals surface area contributed by atoms with Crippen molar-refractivity contribution in [2.45, 2.75) is 11.1 Å². The van der Waals surface area contributed by atoms with Crippen LogP contribution in [0.2, 0.25) is 0 Å². The first-order valence-corrected chi connectivity index (χ1v) is 11.0. The minimum Gasteiger partial charge on any atom is -0.504 e. The van der Waals surface area contributed by atoms with E-state index in [-0.39, 0.29) is 26.8 Å². The molecule has 0 spiro atoms. The third kappa shape index (κ3) is 4.02. The van der Waals surface area contributed by atoms with E-state index >= 15 is 0 Å². The van der Waals surface area contributed by atoms with Crippen molar-refractivity contribution < 1.29 is 23.1 Å². The van der Waals surface area contributed by atoms with Crippen molar-refractivity contribution in [1.82, 2.24) is 4.90 Å². The number of hydrogen-bond donors (Lipinski definition) is 1. The Balaban J connectivity index is 1.96. The van der Waals surface area contributed by atoms with Crippen molar-refractivity contribution in [2.24, 2.45) is 4.40 Å². The summed E-state index contributed by atoms with van der Waals surface area (Å²) in [7, 11) is -2.44. The maximum absolute atomic E-state index is 12.6. The summed E-state index contributed by atoms with van der Waals surface area (Å²) in [6.07, 6.45) is 1.61. The number of carbonyl (C=O) groups is 1. The molecule has 0 atom stereocenters. The summed E-state index contributed by atoms with van der Waals surface area (Å²) in [6, 6.07) is 7.78. The molecule has 0 aliphatic carbocycles. The van der Waals surface area contributed by atoms with Crippen LogP contribution in [0.15, 0.2) is 49.2 Å². The van der Waals surface area contributed by atoms with Crippen LogP contribution in [0.3, 0.4) is 0 Å². The normalized spacial score (nSPS) is 17.9. The van der Waals surface area contributed by atoms with Crippen LogP contribution in [0.25, 0.3) is 6.08 Å². The third-order valence-electron chi connectivity index (χ3n) is 3.65. The summed E-state index contributed by atoms with van der Waals surface area (Å²) in [5.41, 5.74) is 0.638. The highest BCUT2D eigenvalue weighted by Gasteiger charge is 2.34. The Morgan fingerprint density at radius 3 is 2.74 bits per heavy atom. The summed E-state index contributed by atoms with van der Waals surface area (Å²) in [5, 5.41) is 11.4. The van der Waals surface area contributed by atoms with Crippen molar-refractivity contribution in [2.75, 3.05) is 13.7 Å². The van der Waals surface area contributed by atoms with Gasteiger partial charge in [-0.1, -0.05) is 12.1 Å². The molecule has 7 nitrogen and oxygen atoms in total. The van der Waals surface area contributed by atoms with Crippen LogP contribution >= 0.6 is 23.1 Å². The van der Waals surface area contributed by atoms with Gasteiger partial charge in [0, 0.05) is 6.54 Å². The quantitative estimate of drug-likeness (QED) is 0.741. The van der Waals surface area contributed by atoms with E-state index < -0.39 is 10.0 Å². The molecule has 0 saturated carbocycles. The zero-order valence-corrected chi connectivity index (χ0v) is 16.9. The number of ether oxygens (including phenoxy) is 1. The Morgan fingerprint density at radius 2 is 2.11 bits per heavy atom. The summed E-state index contributed by atoms with van der Waals surface area (Å²) in [5.74, 6) is -0.0551. The van der Waals surface area contributed by atoms with Crippen molar-refractivity contribution in [3.63, 3.8) is 0 Å². The van der Waals surface area contributed by atoms with Gasteiger partial charge in [-0.3, -0.25) is 9.69 Å². The Bertz CT molecular complexity index is 1030. The maximum atomic E-state index is 12.6. The van der Waals surface area contributed by atoms with Crippen molar-refractivity contribution in [3.05, 3.63) is 46.2 Å². The predicted molar refractivity (Wildman–Crippen MR) is 107 cm³/mol. The molecule has 0 bridgehead atoms. The van der Waals surface area contributed by atoms with E-state index in [0.717, 1.165) is 23.1 Å². The van der Waals surface area contributed by atoms with Gasteiger partial charge in [-0.2, -0.15) is 8.42 Å². The van der Waals surface area contributed by atoms with Crippen LogP contribution in [0.5, 0.6) is 11.5 Å². The molecule has 1 aromatic heterocycles. The van der Waals surface area contributed by atoms with Crippen LogP contribution in [0, 0.1) is 0 Å². The number of amides is 1. The zero-order valence-electron chi connectivity index (χ0n) is 14.4. The molecule has 3 rings (SSSR count). The molecule has 142 valence electrons. The molecule has 2 aromatic rings. The molecule has 1 fully saturated rings. The smallest absolute Gasteiger partial charge is 0.294 e. The van der Waals surface area contributed by atoms with Crippen molar-refractivity contribution in [3.8, 4) is 11.5 Å². The lowest BCUT2D eigenvalue weighted by Gasteiger charge is -2.11. The number of thioether (sulfide) groups is 1. The van der Waals surface area contributed by atoms with Crippen LogP contribution < -0.4 is 4.74 Å². The van der Waals surface area contributed by atoms with Crippen LogP contribution in [-0.4, -0.2) is 43.2 Å². The molecule has 0 unspecified atom stereocenters. The van der Waals surface area contributed by atoms with Crippen molar-refractivity contribution in [1.29, 1.82) is 0 Å². The number of aromatic hydroxyl groups is 1. The fourth-order valence-corrected chi connectivity index (χ4v) is 5.56. The highest BCUT2D eigenvalue weighted by atomic mass is 32.2. The number of hydrogen-bond acceptors (Lipinski definition) is 7. The largest absolute Gasteiger partial charge is 0.504 e. The van der Waals surface area contributed by atoms with E-state index in [1.807, 2.05) is 0 Å². The van der Waals surface area contributed by atoms with E-state index in [2.05, 4.69) is 4.40 Å². The van der Waals surface area contributed by atoms with E-state index in [0.29, 0.717) is 17.0 Å². The fourth-order valence-electron chi connectivity index (χ4n) is 2.35. The number of carbonyl (C=O) groups excluding carboxylic acids is 1. The number of sulfonamides is 1. The summed E-state index contributed by atoms with van der Waals surface area (Å²) in [6.45, 7) is 2.04. The van der Waals surface area contributed by atoms with E-state index in [1.54, 1.807) is 36.6 Å². The molecule has 1 aliphatic heterocycles. The third-order valence-corrected chi connectivity index (χ3v) is 7.42. The Kier molecular flexibility index (Phi) is 5.59. The van der Waals surface area contributed by atoms with Gasteiger partial charge in [0.15, 0.2) is 16.7 Å². The van der Waals surface area contributed by atoms with E-state index in [1.165, 1.54) is 24.1 Å². The molecule has 1 aromatic carbocycles. The fraction of sp³-hybridized carbons (Fsp3) is 0.176. The first-order valence-electron chi connectivity index (χ1n) is 7.82. The molecule has 10 heteroatoms. The summed E-state index contributed by atoms with van der Waals surface area (Å²) >= 11 is 2.07. The number of rotatable bonds is 5. The second kappa shape index (κ2) is 7.75. The zero-order chi connectivity index (χ0) is 19.6. The lowest BCUT2D eigenvalue weighted by molar-refractivity contribution is -0.122. The molecule has 2 heterocycles. The average Bonchev–Trinajstić information content (AvgIpc) is 3.26. The molecule has 27 heavy (non-hydrogen) atoms. The lowest BCUT2D eigenvalue weighted by atomic mass is 10.2.